The van der Waals surface area contributed by atoms with E-state index in [9.17, 15) is 22.9 Å². The molecule has 2 atom stereocenters. The van der Waals surface area contributed by atoms with Gasteiger partial charge in [0, 0.05) is 6.42 Å². The summed E-state index contributed by atoms with van der Waals surface area (Å²) in [6, 6.07) is -1.07. The number of nitrogens with one attached hydrogen (secondary N) is 1. The van der Waals surface area contributed by atoms with Gasteiger partial charge in [0.2, 0.25) is 5.91 Å². The Labute approximate surface area is 213 Å². The normalized spacial score (nSPS) is 14.7. The van der Waals surface area contributed by atoms with Gasteiger partial charge in [0.15, 0.2) is 0 Å². The van der Waals surface area contributed by atoms with Crippen molar-refractivity contribution in [2.75, 3.05) is 5.75 Å². The lowest BCUT2D eigenvalue weighted by atomic mass is 10.1. The van der Waals surface area contributed by atoms with E-state index in [4.69, 9.17) is 0 Å². The summed E-state index contributed by atoms with van der Waals surface area (Å²) in [5, 5.41) is 12.8. The Morgan fingerprint density at radius 2 is 1.34 bits per heavy atom. The van der Waals surface area contributed by atoms with Gasteiger partial charge in [0.1, 0.15) is 0 Å². The first-order valence-electron chi connectivity index (χ1n) is 13.0. The number of hydrogen-bond donors (Lipinski definition) is 3. The molecule has 0 fully saturated rings. The molecule has 0 spiro atoms. The van der Waals surface area contributed by atoms with Crippen LogP contribution in [0.1, 0.15) is 90.9 Å². The van der Waals surface area contributed by atoms with Crippen LogP contribution in [0.3, 0.4) is 0 Å². The van der Waals surface area contributed by atoms with Crippen molar-refractivity contribution in [2.45, 2.75) is 103 Å². The standard InChI is InChI=1S/C28H47NO5S/c1-3-5-7-9-10-11-12-13-14-15-16-17-18-20-22-24-28(31)29-26(25-35(32,33)34)27(30)23-21-19-8-6-4-2/h5,7,10-11,13-14,16-17,21,23,26-27,30H,3-4,6,8-9,12,15,18-20,22,24-25H2,1-2H3,(H,29,31)(H,32,33,34)/b7-5-,11-10-,14-13-,17-16-,23-21+. The summed E-state index contributed by atoms with van der Waals surface area (Å²) in [6.45, 7) is 4.22. The molecule has 0 aliphatic carbocycles. The lowest BCUT2D eigenvalue weighted by molar-refractivity contribution is -0.122. The maximum atomic E-state index is 12.2. The van der Waals surface area contributed by atoms with Crippen molar-refractivity contribution in [3.63, 3.8) is 0 Å². The van der Waals surface area contributed by atoms with E-state index in [2.05, 4.69) is 67.8 Å². The first-order valence-corrected chi connectivity index (χ1v) is 14.6. The van der Waals surface area contributed by atoms with Gasteiger partial charge in [-0.15, -0.1) is 0 Å². The smallest absolute Gasteiger partial charge is 0.267 e. The van der Waals surface area contributed by atoms with Crippen LogP contribution in [0.5, 0.6) is 0 Å². The van der Waals surface area contributed by atoms with Crippen LogP contribution >= 0.6 is 0 Å². The predicted octanol–water partition coefficient (Wildman–Crippen LogP) is 6.22. The van der Waals surface area contributed by atoms with Gasteiger partial charge in [-0.2, -0.15) is 8.42 Å². The van der Waals surface area contributed by atoms with Crippen LogP contribution in [0, 0.1) is 0 Å². The lowest BCUT2D eigenvalue weighted by Gasteiger charge is -2.21. The van der Waals surface area contributed by atoms with Gasteiger partial charge in [0.05, 0.1) is 17.9 Å². The first-order chi connectivity index (χ1) is 16.8. The summed E-state index contributed by atoms with van der Waals surface area (Å²) in [5.74, 6) is -1.05. The Bertz CT molecular complexity index is 781. The monoisotopic (exact) mass is 509 g/mol. The Balaban J connectivity index is 4.19. The Morgan fingerprint density at radius 3 is 1.91 bits per heavy atom. The molecule has 2 unspecified atom stereocenters. The van der Waals surface area contributed by atoms with Gasteiger partial charge >= 0.3 is 0 Å². The third-order valence-electron chi connectivity index (χ3n) is 5.20. The fourth-order valence-electron chi connectivity index (χ4n) is 3.26. The van der Waals surface area contributed by atoms with E-state index < -0.39 is 28.0 Å². The maximum Gasteiger partial charge on any atom is 0.267 e. The van der Waals surface area contributed by atoms with Crippen molar-refractivity contribution in [2.24, 2.45) is 0 Å². The van der Waals surface area contributed by atoms with E-state index in [1.54, 1.807) is 6.08 Å². The molecule has 3 N–H and O–H groups in total. The minimum absolute atomic E-state index is 0.239. The van der Waals surface area contributed by atoms with Gasteiger partial charge in [0.25, 0.3) is 10.1 Å². The quantitative estimate of drug-likeness (QED) is 0.0968. The second-order valence-electron chi connectivity index (χ2n) is 8.58. The van der Waals surface area contributed by atoms with Gasteiger partial charge in [-0.25, -0.2) is 0 Å². The zero-order valence-electron chi connectivity index (χ0n) is 21.6. The van der Waals surface area contributed by atoms with Crippen molar-refractivity contribution in [1.29, 1.82) is 0 Å². The predicted molar refractivity (Wildman–Crippen MR) is 147 cm³/mol. The Morgan fingerprint density at radius 1 is 0.800 bits per heavy atom. The second-order valence-corrected chi connectivity index (χ2v) is 10.1. The molecule has 0 radical (unpaired) electrons. The summed E-state index contributed by atoms with van der Waals surface area (Å²) in [6.07, 6.45) is 29.6. The molecule has 0 aromatic heterocycles. The highest BCUT2D eigenvalue weighted by atomic mass is 32.2. The molecule has 0 saturated heterocycles. The van der Waals surface area contributed by atoms with Crippen LogP contribution in [0.15, 0.2) is 60.8 Å². The zero-order chi connectivity index (χ0) is 26.2. The second kappa shape index (κ2) is 22.5. The zero-order valence-corrected chi connectivity index (χ0v) is 22.5. The van der Waals surface area contributed by atoms with Crippen molar-refractivity contribution < 1.29 is 22.9 Å². The summed E-state index contributed by atoms with van der Waals surface area (Å²) in [5.41, 5.74) is 0. The van der Waals surface area contributed by atoms with Crippen LogP contribution in [0.25, 0.3) is 0 Å². The molecule has 0 saturated carbocycles. The number of aliphatic hydroxyl groups is 1. The molecule has 35 heavy (non-hydrogen) atoms. The topological polar surface area (TPSA) is 104 Å². The van der Waals surface area contributed by atoms with E-state index in [0.717, 1.165) is 64.2 Å². The van der Waals surface area contributed by atoms with Crippen LogP contribution in [0.4, 0.5) is 0 Å². The molecule has 200 valence electrons. The molecule has 0 aliphatic rings. The van der Waals surface area contributed by atoms with Crippen LogP contribution in [-0.4, -0.2) is 41.9 Å². The molecule has 0 bridgehead atoms. The molecular formula is C28H47NO5S. The highest BCUT2D eigenvalue weighted by Gasteiger charge is 2.24. The molecule has 0 aromatic carbocycles. The summed E-state index contributed by atoms with van der Waals surface area (Å²) < 4.78 is 31.8. The van der Waals surface area contributed by atoms with Crippen LogP contribution in [-0.2, 0) is 14.9 Å². The summed E-state index contributed by atoms with van der Waals surface area (Å²) in [4.78, 5) is 12.2. The number of aliphatic hydroxyl groups excluding tert-OH is 1. The minimum Gasteiger partial charge on any atom is -0.387 e. The Kier molecular flexibility index (Phi) is 21.2. The average Bonchev–Trinajstić information content (AvgIpc) is 2.80. The number of amides is 1. The number of unbranched alkanes of at least 4 members (excludes halogenated alkanes) is 5. The van der Waals surface area contributed by atoms with Crippen LogP contribution < -0.4 is 5.32 Å². The first kappa shape index (κ1) is 33.0. The minimum atomic E-state index is -4.33. The molecule has 7 heteroatoms. The van der Waals surface area contributed by atoms with Crippen molar-refractivity contribution >= 4 is 16.0 Å². The largest absolute Gasteiger partial charge is 0.387 e. The SMILES string of the molecule is CC/C=C\C/C=C\C/C=C\C/C=C\CCCCC(=O)NC(CS(=O)(=O)O)C(O)/C=C/CCCCC. The van der Waals surface area contributed by atoms with Gasteiger partial charge < -0.3 is 10.4 Å². The molecule has 6 nitrogen and oxygen atoms in total. The third kappa shape index (κ3) is 23.5. The molecular weight excluding hydrogens is 462 g/mol. The van der Waals surface area contributed by atoms with Crippen molar-refractivity contribution in [3.8, 4) is 0 Å². The number of carbonyl (C=O) groups is 1. The number of carbonyl (C=O) groups excluding carboxylic acids is 1. The highest BCUT2D eigenvalue weighted by Crippen LogP contribution is 2.07. The maximum absolute atomic E-state index is 12.2. The average molecular weight is 510 g/mol. The fourth-order valence-corrected chi connectivity index (χ4v) is 3.99. The van der Waals surface area contributed by atoms with Crippen molar-refractivity contribution in [1.82, 2.24) is 5.32 Å². The van der Waals surface area contributed by atoms with E-state index in [1.165, 1.54) is 6.08 Å². The van der Waals surface area contributed by atoms with E-state index in [1.807, 2.05) is 0 Å². The van der Waals surface area contributed by atoms with Gasteiger partial charge in [-0.1, -0.05) is 87.4 Å². The fraction of sp³-hybridized carbons (Fsp3) is 0.607. The number of hydrogen-bond acceptors (Lipinski definition) is 4. The molecule has 0 aromatic rings. The molecule has 0 aliphatic heterocycles. The van der Waals surface area contributed by atoms with Crippen molar-refractivity contribution in [3.05, 3.63) is 60.8 Å². The van der Waals surface area contributed by atoms with E-state index >= 15 is 0 Å². The number of allylic oxidation sites excluding steroid dienone is 9. The number of rotatable bonds is 21. The van der Waals surface area contributed by atoms with Gasteiger partial charge in [-0.3, -0.25) is 9.35 Å². The van der Waals surface area contributed by atoms with Gasteiger partial charge in [-0.05, 0) is 57.8 Å². The summed E-state index contributed by atoms with van der Waals surface area (Å²) >= 11 is 0. The summed E-state index contributed by atoms with van der Waals surface area (Å²) in [7, 11) is -4.33. The van der Waals surface area contributed by atoms with E-state index in [0.29, 0.717) is 6.42 Å². The third-order valence-corrected chi connectivity index (χ3v) is 5.98. The van der Waals surface area contributed by atoms with E-state index in [-0.39, 0.29) is 12.3 Å². The Hall–Kier alpha value is -1.96. The lowest BCUT2D eigenvalue weighted by Crippen LogP contribution is -2.46. The molecule has 0 heterocycles. The highest BCUT2D eigenvalue weighted by molar-refractivity contribution is 7.85. The molecule has 0 rings (SSSR count). The molecule has 1 amide bonds. The van der Waals surface area contributed by atoms with Crippen LogP contribution in [0.2, 0.25) is 0 Å².